The molecular formula is C22H21NO4. The normalized spacial score (nSPS) is 21.3. The lowest BCUT2D eigenvalue weighted by Crippen LogP contribution is -2.45. The molecule has 0 fully saturated rings. The van der Waals surface area contributed by atoms with Crippen LogP contribution in [0.4, 0.5) is 4.79 Å². The zero-order valence-electron chi connectivity index (χ0n) is 15.1. The van der Waals surface area contributed by atoms with Gasteiger partial charge in [0.25, 0.3) is 0 Å². The minimum atomic E-state index is -0.497. The van der Waals surface area contributed by atoms with E-state index in [1.807, 2.05) is 48.5 Å². The van der Waals surface area contributed by atoms with Gasteiger partial charge in [-0.1, -0.05) is 54.6 Å². The van der Waals surface area contributed by atoms with Crippen LogP contribution >= 0.6 is 0 Å². The van der Waals surface area contributed by atoms with Gasteiger partial charge in [0.1, 0.15) is 18.8 Å². The van der Waals surface area contributed by atoms with E-state index in [2.05, 4.69) is 6.07 Å². The summed E-state index contributed by atoms with van der Waals surface area (Å²) in [6.45, 7) is 2.47. The van der Waals surface area contributed by atoms with E-state index in [-0.39, 0.29) is 18.6 Å². The molecule has 2 heterocycles. The third-order valence-electron chi connectivity index (χ3n) is 5.06. The van der Waals surface area contributed by atoms with Gasteiger partial charge in [-0.2, -0.15) is 0 Å². The van der Waals surface area contributed by atoms with Crippen LogP contribution in [0, 0.1) is 0 Å². The number of esters is 1. The van der Waals surface area contributed by atoms with Crippen LogP contribution in [0.5, 0.6) is 0 Å². The van der Waals surface area contributed by atoms with E-state index >= 15 is 0 Å². The maximum absolute atomic E-state index is 12.9. The summed E-state index contributed by atoms with van der Waals surface area (Å²) < 4.78 is 11.1. The lowest BCUT2D eigenvalue weighted by Gasteiger charge is -2.38. The van der Waals surface area contributed by atoms with E-state index in [1.165, 1.54) is 5.56 Å². The van der Waals surface area contributed by atoms with Crippen LogP contribution in [0.25, 0.3) is 0 Å². The van der Waals surface area contributed by atoms with Crippen molar-refractivity contribution in [2.75, 3.05) is 6.54 Å². The third kappa shape index (κ3) is 3.45. The first-order chi connectivity index (χ1) is 13.1. The first-order valence-corrected chi connectivity index (χ1v) is 9.08. The Balaban J connectivity index is 1.59. The summed E-state index contributed by atoms with van der Waals surface area (Å²) in [7, 11) is 0. The molecule has 2 atom stereocenters. The zero-order chi connectivity index (χ0) is 18.8. The molecule has 2 aromatic rings. The topological polar surface area (TPSA) is 55.8 Å². The van der Waals surface area contributed by atoms with Crippen molar-refractivity contribution in [3.05, 3.63) is 82.9 Å². The molecule has 4 rings (SSSR count). The summed E-state index contributed by atoms with van der Waals surface area (Å²) in [6, 6.07) is 17.2. The summed E-state index contributed by atoms with van der Waals surface area (Å²) in [5, 5.41) is 0. The minimum Gasteiger partial charge on any atom is -0.452 e. The van der Waals surface area contributed by atoms with Crippen molar-refractivity contribution in [2.24, 2.45) is 0 Å². The highest BCUT2D eigenvalue weighted by molar-refractivity contribution is 5.90. The van der Waals surface area contributed by atoms with E-state index in [4.69, 9.17) is 9.47 Å². The molecule has 0 bridgehead atoms. The fraction of sp³-hybridized carbons (Fsp3) is 0.273. The van der Waals surface area contributed by atoms with E-state index < -0.39 is 12.2 Å². The van der Waals surface area contributed by atoms with Gasteiger partial charge < -0.3 is 9.47 Å². The number of carbonyl (C=O) groups excluding carboxylic acids is 2. The summed E-state index contributed by atoms with van der Waals surface area (Å²) in [5.74, 6) is -0.333. The molecule has 0 spiro atoms. The van der Waals surface area contributed by atoms with Gasteiger partial charge in [-0.15, -0.1) is 0 Å². The number of hydrogen-bond acceptors (Lipinski definition) is 4. The maximum atomic E-state index is 12.9. The van der Waals surface area contributed by atoms with Crippen LogP contribution in [0.2, 0.25) is 0 Å². The highest BCUT2D eigenvalue weighted by atomic mass is 16.6. The van der Waals surface area contributed by atoms with E-state index in [9.17, 15) is 9.59 Å². The molecule has 2 aliphatic rings. The predicted octanol–water partition coefficient (Wildman–Crippen LogP) is 3.79. The average Bonchev–Trinajstić information content (AvgIpc) is 3.04. The number of ether oxygens (including phenoxy) is 2. The van der Waals surface area contributed by atoms with Crippen molar-refractivity contribution in [1.29, 1.82) is 0 Å². The molecule has 2 aliphatic heterocycles. The Kier molecular flexibility index (Phi) is 4.67. The predicted molar refractivity (Wildman–Crippen MR) is 99.9 cm³/mol. The molecule has 0 saturated heterocycles. The number of nitrogens with zero attached hydrogens (tertiary/aromatic N) is 1. The quantitative estimate of drug-likeness (QED) is 0.779. The van der Waals surface area contributed by atoms with Crippen LogP contribution in [0.3, 0.4) is 0 Å². The smallest absolute Gasteiger partial charge is 0.410 e. The second-order valence-electron chi connectivity index (χ2n) is 6.85. The number of fused-ring (bicyclic) bond motifs is 1. The molecule has 5 heteroatoms. The molecule has 0 radical (unpaired) electrons. The number of hydrogen-bond donors (Lipinski definition) is 0. The Bertz CT molecular complexity index is 890. The number of benzene rings is 2. The Morgan fingerprint density at radius 3 is 2.63 bits per heavy atom. The first kappa shape index (κ1) is 17.3. The SMILES string of the molecule is CC1=C[C@@H]([C@@H]2c3ccccc3CCN2C(=O)OCc2ccccc2)OC1=O. The van der Waals surface area contributed by atoms with Crippen molar-refractivity contribution >= 4 is 12.1 Å². The van der Waals surface area contributed by atoms with Crippen LogP contribution in [-0.4, -0.2) is 29.6 Å². The maximum Gasteiger partial charge on any atom is 0.410 e. The van der Waals surface area contributed by atoms with E-state index in [1.54, 1.807) is 17.9 Å². The summed E-state index contributed by atoms with van der Waals surface area (Å²) in [6.07, 6.45) is 1.65. The minimum absolute atomic E-state index is 0.212. The van der Waals surface area contributed by atoms with Crippen molar-refractivity contribution in [3.8, 4) is 0 Å². The molecule has 2 aromatic carbocycles. The summed E-state index contributed by atoms with van der Waals surface area (Å²) in [4.78, 5) is 26.4. The Hall–Kier alpha value is -3.08. The number of amides is 1. The molecule has 0 aliphatic carbocycles. The Labute approximate surface area is 158 Å². The van der Waals surface area contributed by atoms with Crippen molar-refractivity contribution in [3.63, 3.8) is 0 Å². The number of cyclic esters (lactones) is 1. The van der Waals surface area contributed by atoms with Crippen molar-refractivity contribution in [1.82, 2.24) is 4.90 Å². The lowest BCUT2D eigenvalue weighted by molar-refractivity contribution is -0.142. The van der Waals surface area contributed by atoms with Crippen LogP contribution in [0.1, 0.15) is 29.7 Å². The van der Waals surface area contributed by atoms with Gasteiger partial charge in [-0.3, -0.25) is 4.90 Å². The second-order valence-corrected chi connectivity index (χ2v) is 6.85. The number of rotatable bonds is 3. The highest BCUT2D eigenvalue weighted by Crippen LogP contribution is 2.37. The molecule has 0 aromatic heterocycles. The van der Waals surface area contributed by atoms with Crippen LogP contribution in [0.15, 0.2) is 66.2 Å². The van der Waals surface area contributed by atoms with Crippen LogP contribution in [-0.2, 0) is 27.3 Å². The van der Waals surface area contributed by atoms with Gasteiger partial charge in [0, 0.05) is 12.1 Å². The average molecular weight is 363 g/mol. The standard InChI is InChI=1S/C22H21NO4/c1-15-13-19(27-21(15)24)20-18-10-6-5-9-17(18)11-12-23(20)22(25)26-14-16-7-3-2-4-8-16/h2-10,13,19-20H,11-12,14H2,1H3/t19-,20-/m0/s1. The van der Waals surface area contributed by atoms with Crippen LogP contribution < -0.4 is 0 Å². The Morgan fingerprint density at radius 2 is 1.89 bits per heavy atom. The molecule has 138 valence electrons. The van der Waals surface area contributed by atoms with Crippen molar-refractivity contribution < 1.29 is 19.1 Å². The fourth-order valence-electron chi connectivity index (χ4n) is 3.68. The van der Waals surface area contributed by atoms with Gasteiger partial charge >= 0.3 is 12.1 Å². The molecule has 27 heavy (non-hydrogen) atoms. The molecule has 5 nitrogen and oxygen atoms in total. The molecule has 1 amide bonds. The Morgan fingerprint density at radius 1 is 1.15 bits per heavy atom. The van der Waals surface area contributed by atoms with E-state index in [0.29, 0.717) is 12.1 Å². The van der Waals surface area contributed by atoms with E-state index in [0.717, 1.165) is 17.5 Å². The van der Waals surface area contributed by atoms with Gasteiger partial charge in [-0.05, 0) is 36.1 Å². The molecule has 0 N–H and O–H groups in total. The molecule has 0 saturated carbocycles. The summed E-state index contributed by atoms with van der Waals surface area (Å²) >= 11 is 0. The monoisotopic (exact) mass is 363 g/mol. The second kappa shape index (κ2) is 7.27. The number of carbonyl (C=O) groups is 2. The lowest BCUT2D eigenvalue weighted by atomic mass is 9.89. The van der Waals surface area contributed by atoms with Gasteiger partial charge in [0.05, 0.1) is 0 Å². The third-order valence-corrected chi connectivity index (χ3v) is 5.06. The highest BCUT2D eigenvalue weighted by Gasteiger charge is 2.40. The van der Waals surface area contributed by atoms with Crippen molar-refractivity contribution in [2.45, 2.75) is 32.1 Å². The summed E-state index contributed by atoms with van der Waals surface area (Å²) in [5.41, 5.74) is 3.68. The largest absolute Gasteiger partial charge is 0.452 e. The molecular weight excluding hydrogens is 342 g/mol. The fourth-order valence-corrected chi connectivity index (χ4v) is 3.68. The van der Waals surface area contributed by atoms with Gasteiger partial charge in [-0.25, -0.2) is 9.59 Å². The van der Waals surface area contributed by atoms with Gasteiger partial charge in [0.2, 0.25) is 0 Å². The zero-order valence-corrected chi connectivity index (χ0v) is 15.1. The van der Waals surface area contributed by atoms with Gasteiger partial charge in [0.15, 0.2) is 0 Å². The first-order valence-electron chi connectivity index (χ1n) is 9.08. The molecule has 0 unspecified atom stereocenters.